The molecule has 8 rings (SSSR count). The van der Waals surface area contributed by atoms with Crippen LogP contribution in [0, 0.1) is 5.92 Å². The van der Waals surface area contributed by atoms with Crippen LogP contribution in [0.3, 0.4) is 0 Å². The van der Waals surface area contributed by atoms with E-state index in [4.69, 9.17) is 33.5 Å². The lowest BCUT2D eigenvalue weighted by Gasteiger charge is -2.40. The number of fused-ring (bicyclic) bond motifs is 1. The highest BCUT2D eigenvalue weighted by Crippen LogP contribution is 2.51. The molecule has 1 N–H and O–H groups in total. The minimum Gasteiger partial charge on any atom is -0.381 e. The Kier molecular flexibility index (Phi) is 6.40. The fourth-order valence-corrected chi connectivity index (χ4v) is 7.13. The van der Waals surface area contributed by atoms with Gasteiger partial charge in [-0.1, -0.05) is 0 Å². The van der Waals surface area contributed by atoms with Crippen LogP contribution in [0.25, 0.3) is 22.3 Å². The number of anilines is 2. The fourth-order valence-electron chi connectivity index (χ4n) is 7.13. The normalized spacial score (nSPS) is 27.3. The zero-order valence-electron chi connectivity index (χ0n) is 28.1. The molecule has 5 aliphatic rings. The van der Waals surface area contributed by atoms with Crippen LogP contribution in [0.15, 0.2) is 18.5 Å². The summed E-state index contributed by atoms with van der Waals surface area (Å²) in [5, 5.41) is 13.5. The Morgan fingerprint density at radius 1 is 1.18 bits per heavy atom. The number of alkyl halides is 2. The molecular weight excluding hydrogens is 586 g/mol. The van der Waals surface area contributed by atoms with Crippen molar-refractivity contribution in [3.05, 3.63) is 18.5 Å². The summed E-state index contributed by atoms with van der Waals surface area (Å²) in [5.74, 6) is -1.98. The zero-order chi connectivity index (χ0) is 33.3. The van der Waals surface area contributed by atoms with Crippen molar-refractivity contribution in [1.82, 2.24) is 29.4 Å². The number of carbonyl (C=O) groups is 1. The highest BCUT2D eigenvalue weighted by molar-refractivity contribution is 5.96. The number of rotatable bonds is 7. The Hall–Kier alpha value is -3.36. The molecule has 0 bridgehead atoms. The standard InChI is InChI=1S/C31H40F2N8O4/c1-43-21-15-38(16-21)28-22-13-34-23(12-25(22)40(37-28)14-20-5-11-44-18-20)27-24(17-41(36-27)26-4-2-3-10-45-26)35-29(42)39-19-31(32,33)9-8-30(39)6-7-30/h12-13,17,20-21,26H,2-11,14-16,18-19H2,1H3,(H,35,42)/i1D3. The van der Waals surface area contributed by atoms with E-state index in [2.05, 4.69) is 5.32 Å². The van der Waals surface area contributed by atoms with Gasteiger partial charge in [-0.15, -0.1) is 0 Å². The molecule has 1 spiro atoms. The van der Waals surface area contributed by atoms with Gasteiger partial charge in [0.05, 0.1) is 51.8 Å². The van der Waals surface area contributed by atoms with Gasteiger partial charge in [0.25, 0.3) is 5.92 Å². The minimum absolute atomic E-state index is 0.212. The second-order valence-electron chi connectivity index (χ2n) is 13.3. The zero-order valence-corrected chi connectivity index (χ0v) is 25.1. The number of urea groups is 1. The van der Waals surface area contributed by atoms with Gasteiger partial charge in [-0.3, -0.25) is 9.67 Å². The average Bonchev–Trinajstić information content (AvgIpc) is 3.32. The predicted molar refractivity (Wildman–Crippen MR) is 161 cm³/mol. The number of halogens is 2. The molecule has 2 unspecified atom stereocenters. The van der Waals surface area contributed by atoms with Crippen molar-refractivity contribution in [3.8, 4) is 11.4 Å². The minimum atomic E-state index is -2.93. The highest BCUT2D eigenvalue weighted by atomic mass is 19.3. The Bertz CT molecular complexity index is 1680. The number of nitrogens with one attached hydrogen (secondary N) is 1. The van der Waals surface area contributed by atoms with E-state index in [1.54, 1.807) is 17.1 Å². The number of methoxy groups -OCH3 is 1. The van der Waals surface area contributed by atoms with Gasteiger partial charge in [-0.2, -0.15) is 10.2 Å². The van der Waals surface area contributed by atoms with Gasteiger partial charge in [0.2, 0.25) is 0 Å². The number of hydrogen-bond acceptors (Lipinski definition) is 8. The molecule has 1 saturated carbocycles. The van der Waals surface area contributed by atoms with Gasteiger partial charge in [0.1, 0.15) is 11.9 Å². The first kappa shape index (κ1) is 25.8. The first-order chi connectivity index (χ1) is 23.0. The number of nitrogens with zero attached hydrogens (tertiary/aromatic N) is 7. The highest BCUT2D eigenvalue weighted by Gasteiger charge is 2.57. The molecule has 4 saturated heterocycles. The summed E-state index contributed by atoms with van der Waals surface area (Å²) in [6.07, 6.45) is 7.77. The van der Waals surface area contributed by atoms with Crippen LogP contribution in [0.5, 0.6) is 0 Å². The van der Waals surface area contributed by atoms with Crippen LogP contribution in [0.1, 0.15) is 61.7 Å². The third-order valence-electron chi connectivity index (χ3n) is 10.0. The third-order valence-corrected chi connectivity index (χ3v) is 10.0. The molecule has 0 radical (unpaired) electrons. The number of piperidine rings is 1. The Balaban J connectivity index is 1.13. The van der Waals surface area contributed by atoms with Crippen molar-refractivity contribution in [2.75, 3.05) is 56.7 Å². The molecular formula is C31H40F2N8O4. The number of ether oxygens (including phenoxy) is 3. The summed E-state index contributed by atoms with van der Waals surface area (Å²) in [4.78, 5) is 21.8. The topological polar surface area (TPSA) is 112 Å². The van der Waals surface area contributed by atoms with Crippen LogP contribution in [0.4, 0.5) is 25.1 Å². The fraction of sp³-hybridized carbons (Fsp3) is 0.677. The number of carbonyl (C=O) groups excluding carboxylic acids is 1. The van der Waals surface area contributed by atoms with Crippen molar-refractivity contribution in [3.63, 3.8) is 0 Å². The monoisotopic (exact) mass is 629 g/mol. The number of aromatic nitrogens is 5. The van der Waals surface area contributed by atoms with Crippen LogP contribution >= 0.6 is 0 Å². The van der Waals surface area contributed by atoms with E-state index >= 15 is 0 Å². The summed E-state index contributed by atoms with van der Waals surface area (Å²) >= 11 is 0. The van der Waals surface area contributed by atoms with Crippen molar-refractivity contribution in [2.45, 2.75) is 81.7 Å². The molecule has 5 fully saturated rings. The molecule has 2 atom stereocenters. The summed E-state index contributed by atoms with van der Waals surface area (Å²) in [5.41, 5.74) is 1.55. The first-order valence-electron chi connectivity index (χ1n) is 17.5. The van der Waals surface area contributed by atoms with Crippen LogP contribution in [-0.4, -0.2) is 99.5 Å². The molecule has 3 aromatic rings. The van der Waals surface area contributed by atoms with Gasteiger partial charge in [-0.25, -0.2) is 18.3 Å². The summed E-state index contributed by atoms with van der Waals surface area (Å²) in [6, 6.07) is 1.32. The van der Waals surface area contributed by atoms with E-state index in [0.717, 1.165) is 49.4 Å². The number of pyridine rings is 1. The van der Waals surface area contributed by atoms with Gasteiger partial charge >= 0.3 is 6.03 Å². The summed E-state index contributed by atoms with van der Waals surface area (Å²) in [7, 11) is -2.47. The van der Waals surface area contributed by atoms with E-state index in [9.17, 15) is 13.6 Å². The van der Waals surface area contributed by atoms with Crippen molar-refractivity contribution in [1.29, 1.82) is 0 Å². The van der Waals surface area contributed by atoms with Crippen molar-refractivity contribution >= 4 is 28.4 Å². The van der Waals surface area contributed by atoms with Crippen molar-refractivity contribution in [2.24, 2.45) is 5.92 Å². The second-order valence-corrected chi connectivity index (χ2v) is 13.3. The molecule has 1 aliphatic carbocycles. The van der Waals surface area contributed by atoms with Crippen LogP contribution in [0.2, 0.25) is 0 Å². The Labute approximate surface area is 264 Å². The number of hydrogen-bond donors (Lipinski definition) is 1. The molecule has 242 valence electrons. The molecule has 7 heterocycles. The number of likely N-dealkylation sites (tertiary alicyclic amines) is 1. The van der Waals surface area contributed by atoms with E-state index < -0.39 is 37.2 Å². The number of amides is 2. The van der Waals surface area contributed by atoms with Gasteiger partial charge in [0, 0.05) is 64.0 Å². The van der Waals surface area contributed by atoms with E-state index in [1.807, 2.05) is 15.6 Å². The Morgan fingerprint density at radius 3 is 2.80 bits per heavy atom. The molecule has 45 heavy (non-hydrogen) atoms. The molecule has 0 aromatic carbocycles. The van der Waals surface area contributed by atoms with E-state index in [-0.39, 0.29) is 25.0 Å². The molecule has 12 nitrogen and oxygen atoms in total. The molecule has 4 aliphatic heterocycles. The second kappa shape index (κ2) is 11.2. The SMILES string of the molecule is [2H]C([2H])([2H])OC1CN(c2nn(CC3CCOC3)c3cc(-c4nn(C5CCCCO5)cc4NC(=O)N4CC(F)(F)CCC45CC5)ncc23)C1. The molecule has 3 aromatic heterocycles. The van der Waals surface area contributed by atoms with Crippen molar-refractivity contribution < 1.29 is 31.9 Å². The van der Waals surface area contributed by atoms with Crippen LogP contribution in [-0.2, 0) is 20.8 Å². The largest absolute Gasteiger partial charge is 0.381 e. The summed E-state index contributed by atoms with van der Waals surface area (Å²) in [6.45, 7) is 2.69. The van der Waals surface area contributed by atoms with E-state index in [1.165, 1.54) is 4.90 Å². The van der Waals surface area contributed by atoms with E-state index in [0.29, 0.717) is 62.3 Å². The lowest BCUT2D eigenvalue weighted by Crippen LogP contribution is -2.54. The van der Waals surface area contributed by atoms with Crippen LogP contribution < -0.4 is 10.2 Å². The smallest absolute Gasteiger partial charge is 0.322 e. The molecule has 2 amide bonds. The Morgan fingerprint density at radius 2 is 2.04 bits per heavy atom. The lowest BCUT2D eigenvalue weighted by molar-refractivity contribution is -0.0721. The van der Waals surface area contributed by atoms with Gasteiger partial charge < -0.3 is 29.3 Å². The quantitative estimate of drug-likeness (QED) is 0.402. The maximum absolute atomic E-state index is 14.5. The lowest BCUT2D eigenvalue weighted by atomic mass is 9.97. The third kappa shape index (κ3) is 5.44. The maximum atomic E-state index is 14.5. The average molecular weight is 630 g/mol. The summed E-state index contributed by atoms with van der Waals surface area (Å²) < 4.78 is 71.8. The first-order valence-corrected chi connectivity index (χ1v) is 16.0. The predicted octanol–water partition coefficient (Wildman–Crippen LogP) is 4.66. The molecule has 14 heteroatoms. The van der Waals surface area contributed by atoms with Gasteiger partial charge in [0.15, 0.2) is 5.82 Å². The van der Waals surface area contributed by atoms with Gasteiger partial charge in [-0.05, 0) is 51.0 Å². The maximum Gasteiger partial charge on any atom is 0.322 e.